The van der Waals surface area contributed by atoms with Gasteiger partial charge >= 0.3 is 0 Å². The van der Waals surface area contributed by atoms with E-state index in [1.807, 2.05) is 0 Å². The highest BCUT2D eigenvalue weighted by Gasteiger charge is 2.39. The summed E-state index contributed by atoms with van der Waals surface area (Å²) in [6.07, 6.45) is 12.2. The summed E-state index contributed by atoms with van der Waals surface area (Å²) in [4.78, 5) is 2.61. The minimum absolute atomic E-state index is 0.317. The van der Waals surface area contributed by atoms with Crippen molar-refractivity contribution in [2.75, 3.05) is 6.54 Å². The molecule has 0 spiro atoms. The molecule has 0 aromatic carbocycles. The monoisotopic (exact) mass is 220 g/mol. The Morgan fingerprint density at radius 3 is 2.50 bits per heavy atom. The van der Waals surface area contributed by atoms with E-state index in [4.69, 9.17) is 6.42 Å². The number of piperidine rings is 2. The van der Waals surface area contributed by atoms with Crippen LogP contribution in [0.25, 0.3) is 0 Å². The van der Waals surface area contributed by atoms with Gasteiger partial charge in [0.05, 0.1) is 6.04 Å². The van der Waals surface area contributed by atoms with Crippen molar-refractivity contribution in [3.63, 3.8) is 0 Å². The van der Waals surface area contributed by atoms with E-state index in [-0.39, 0.29) is 0 Å². The fourth-order valence-corrected chi connectivity index (χ4v) is 3.59. The third kappa shape index (κ3) is 2.26. The Hall–Kier alpha value is -0.520. The highest BCUT2D eigenvalue weighted by Crippen LogP contribution is 2.35. The third-order valence-corrected chi connectivity index (χ3v) is 4.21. The van der Waals surface area contributed by atoms with Crippen LogP contribution in [0.4, 0.5) is 0 Å². The van der Waals surface area contributed by atoms with E-state index in [1.54, 1.807) is 0 Å². The molecule has 90 valence electrons. The van der Waals surface area contributed by atoms with E-state index in [2.05, 4.69) is 30.0 Å². The van der Waals surface area contributed by atoms with Crippen LogP contribution in [0.15, 0.2) is 0 Å². The molecular formula is C14H24N2. The summed E-state index contributed by atoms with van der Waals surface area (Å²) in [5.41, 5.74) is 0. The lowest BCUT2D eigenvalue weighted by Gasteiger charge is -2.50. The Morgan fingerprint density at radius 2 is 2.00 bits per heavy atom. The van der Waals surface area contributed by atoms with Gasteiger partial charge in [-0.3, -0.25) is 4.90 Å². The van der Waals surface area contributed by atoms with Gasteiger partial charge in [-0.05, 0) is 39.2 Å². The first-order valence-electron chi connectivity index (χ1n) is 6.73. The number of fused-ring (bicyclic) bond motifs is 2. The van der Waals surface area contributed by atoms with E-state index >= 15 is 0 Å². The molecule has 2 fully saturated rings. The first-order chi connectivity index (χ1) is 7.76. The number of terminal acetylenes is 1. The summed E-state index contributed by atoms with van der Waals surface area (Å²) in [5, 5.41) is 3.61. The smallest absolute Gasteiger partial charge is 0.0688 e. The molecule has 2 heteroatoms. The van der Waals surface area contributed by atoms with Crippen LogP contribution in [0.2, 0.25) is 0 Å². The van der Waals surface area contributed by atoms with Gasteiger partial charge in [0.25, 0.3) is 0 Å². The molecule has 2 bridgehead atoms. The van der Waals surface area contributed by atoms with Crippen molar-refractivity contribution in [2.45, 2.75) is 70.1 Å². The molecule has 2 saturated heterocycles. The second kappa shape index (κ2) is 5.21. The van der Waals surface area contributed by atoms with Crippen molar-refractivity contribution < 1.29 is 0 Å². The number of nitrogens with one attached hydrogen (secondary N) is 1. The third-order valence-electron chi connectivity index (χ3n) is 4.21. The molecule has 2 nitrogen and oxygen atoms in total. The van der Waals surface area contributed by atoms with Gasteiger partial charge in [-0.25, -0.2) is 0 Å². The number of nitrogens with zero attached hydrogens (tertiary/aromatic N) is 1. The maximum absolute atomic E-state index is 5.59. The quantitative estimate of drug-likeness (QED) is 0.732. The van der Waals surface area contributed by atoms with Crippen molar-refractivity contribution in [1.29, 1.82) is 0 Å². The minimum Gasteiger partial charge on any atom is -0.314 e. The van der Waals surface area contributed by atoms with Gasteiger partial charge in [-0.1, -0.05) is 19.3 Å². The molecule has 2 heterocycles. The van der Waals surface area contributed by atoms with Crippen LogP contribution in [0.3, 0.4) is 0 Å². The van der Waals surface area contributed by atoms with E-state index in [9.17, 15) is 0 Å². The van der Waals surface area contributed by atoms with Crippen LogP contribution in [-0.4, -0.2) is 35.6 Å². The van der Waals surface area contributed by atoms with Crippen LogP contribution >= 0.6 is 0 Å². The molecular weight excluding hydrogens is 196 g/mol. The van der Waals surface area contributed by atoms with Crippen molar-refractivity contribution >= 4 is 0 Å². The van der Waals surface area contributed by atoms with Gasteiger partial charge < -0.3 is 5.32 Å². The van der Waals surface area contributed by atoms with Crippen LogP contribution in [0.5, 0.6) is 0 Å². The lowest BCUT2D eigenvalue weighted by molar-refractivity contribution is 0.0113. The SMILES string of the molecule is C#CC(C)N1C2CCCC1CC(NCC)C2. The van der Waals surface area contributed by atoms with Crippen LogP contribution < -0.4 is 5.32 Å². The molecule has 0 aliphatic carbocycles. The average Bonchev–Trinajstić information content (AvgIpc) is 2.27. The second-order valence-electron chi connectivity index (χ2n) is 5.25. The fourth-order valence-electron chi connectivity index (χ4n) is 3.59. The second-order valence-corrected chi connectivity index (χ2v) is 5.25. The summed E-state index contributed by atoms with van der Waals surface area (Å²) < 4.78 is 0. The summed E-state index contributed by atoms with van der Waals surface area (Å²) in [5.74, 6) is 2.92. The van der Waals surface area contributed by atoms with Crippen molar-refractivity contribution in [3.8, 4) is 12.3 Å². The molecule has 16 heavy (non-hydrogen) atoms. The number of rotatable bonds is 3. The largest absolute Gasteiger partial charge is 0.314 e. The Kier molecular flexibility index (Phi) is 3.89. The maximum Gasteiger partial charge on any atom is 0.0688 e. The standard InChI is InChI=1S/C14H24N2/c1-4-11(3)16-13-7-6-8-14(16)10-12(9-13)15-5-2/h1,11-15H,5-10H2,2-3H3. The first-order valence-corrected chi connectivity index (χ1v) is 6.73. The molecule has 3 unspecified atom stereocenters. The van der Waals surface area contributed by atoms with Gasteiger partial charge in [-0.15, -0.1) is 6.42 Å². The summed E-state index contributed by atoms with van der Waals surface area (Å²) in [6.45, 7) is 5.47. The van der Waals surface area contributed by atoms with Gasteiger partial charge in [0.1, 0.15) is 0 Å². The molecule has 2 rings (SSSR count). The Balaban J connectivity index is 2.05. The zero-order valence-corrected chi connectivity index (χ0v) is 10.6. The number of hydrogen-bond acceptors (Lipinski definition) is 2. The maximum atomic E-state index is 5.59. The lowest BCUT2D eigenvalue weighted by atomic mass is 9.81. The molecule has 0 aromatic rings. The number of hydrogen-bond donors (Lipinski definition) is 1. The molecule has 2 aliphatic heterocycles. The zero-order valence-electron chi connectivity index (χ0n) is 10.6. The Morgan fingerprint density at radius 1 is 1.38 bits per heavy atom. The molecule has 0 saturated carbocycles. The van der Waals surface area contributed by atoms with Crippen molar-refractivity contribution in [3.05, 3.63) is 0 Å². The van der Waals surface area contributed by atoms with E-state index in [0.29, 0.717) is 6.04 Å². The normalized spacial score (nSPS) is 36.7. The fraction of sp³-hybridized carbons (Fsp3) is 0.857. The van der Waals surface area contributed by atoms with Crippen molar-refractivity contribution in [1.82, 2.24) is 10.2 Å². The van der Waals surface area contributed by atoms with Gasteiger partial charge in [0, 0.05) is 18.1 Å². The lowest BCUT2D eigenvalue weighted by Crippen LogP contribution is -2.58. The highest BCUT2D eigenvalue weighted by atomic mass is 15.2. The van der Waals surface area contributed by atoms with Crippen LogP contribution in [-0.2, 0) is 0 Å². The predicted molar refractivity (Wildman–Crippen MR) is 68.3 cm³/mol. The molecule has 2 aliphatic rings. The molecule has 3 atom stereocenters. The van der Waals surface area contributed by atoms with E-state index in [0.717, 1.165) is 24.7 Å². The topological polar surface area (TPSA) is 15.3 Å². The van der Waals surface area contributed by atoms with E-state index < -0.39 is 0 Å². The molecule has 0 amide bonds. The molecule has 0 aromatic heterocycles. The van der Waals surface area contributed by atoms with E-state index in [1.165, 1.54) is 32.1 Å². The predicted octanol–water partition coefficient (Wildman–Crippen LogP) is 2.00. The van der Waals surface area contributed by atoms with Crippen molar-refractivity contribution in [2.24, 2.45) is 0 Å². The summed E-state index contributed by atoms with van der Waals surface area (Å²) >= 11 is 0. The average molecular weight is 220 g/mol. The van der Waals surface area contributed by atoms with Crippen LogP contribution in [0, 0.1) is 12.3 Å². The van der Waals surface area contributed by atoms with Crippen LogP contribution in [0.1, 0.15) is 46.0 Å². The van der Waals surface area contributed by atoms with Gasteiger partial charge in [0.15, 0.2) is 0 Å². The van der Waals surface area contributed by atoms with Gasteiger partial charge in [0.2, 0.25) is 0 Å². The first kappa shape index (κ1) is 12.0. The summed E-state index contributed by atoms with van der Waals surface area (Å²) in [6, 6.07) is 2.49. The van der Waals surface area contributed by atoms with Gasteiger partial charge in [-0.2, -0.15) is 0 Å². The summed E-state index contributed by atoms with van der Waals surface area (Å²) in [7, 11) is 0. The zero-order chi connectivity index (χ0) is 11.5. The molecule has 1 N–H and O–H groups in total. The Bertz CT molecular complexity index is 254. The Labute approximate surface area is 99.8 Å². The highest BCUT2D eigenvalue weighted by molar-refractivity contribution is 5.05. The minimum atomic E-state index is 0.317. The molecule has 0 radical (unpaired) electrons.